The van der Waals surface area contributed by atoms with Crippen molar-refractivity contribution < 1.29 is 46.3 Å². The van der Waals surface area contributed by atoms with Crippen LogP contribution in [-0.4, -0.2) is 102 Å². The van der Waals surface area contributed by atoms with Crippen LogP contribution in [0.5, 0.6) is 0 Å². The van der Waals surface area contributed by atoms with Crippen LogP contribution in [0.4, 0.5) is 9.18 Å². The van der Waals surface area contributed by atoms with Crippen LogP contribution in [-0.2, 0) is 51.8 Å². The number of nitrogens with zero attached hydrogens (tertiary/aromatic N) is 3. The summed E-state index contributed by atoms with van der Waals surface area (Å²) in [7, 11) is -3.91. The average Bonchev–Trinajstić information content (AvgIpc) is 3.92. The maximum Gasteiger partial charge on any atom is 0.410 e. The zero-order valence-corrected chi connectivity index (χ0v) is 31.6. The average molecular weight is 782 g/mol. The van der Waals surface area contributed by atoms with E-state index in [9.17, 15) is 41.6 Å². The Kier molecular flexibility index (Phi) is 10.7. The number of amides is 5. The second kappa shape index (κ2) is 15.1. The Bertz CT molecular complexity index is 1910. The number of ether oxygens (including phenoxy) is 1. The molecule has 1 aromatic carbocycles. The predicted octanol–water partition coefficient (Wildman–Crippen LogP) is 2.72. The van der Waals surface area contributed by atoms with E-state index in [0.717, 1.165) is 25.7 Å². The number of halogens is 1. The van der Waals surface area contributed by atoms with Crippen LogP contribution >= 0.6 is 0 Å². The Labute approximate surface area is 319 Å². The van der Waals surface area contributed by atoms with Gasteiger partial charge < -0.3 is 19.9 Å². The molecule has 3 aliphatic carbocycles. The second-order valence-electron chi connectivity index (χ2n) is 16.1. The summed E-state index contributed by atoms with van der Waals surface area (Å²) in [5.41, 5.74) is -0.364. The van der Waals surface area contributed by atoms with E-state index >= 15 is 0 Å². The summed E-state index contributed by atoms with van der Waals surface area (Å²) in [6.45, 7) is 7.54. The number of likely N-dealkylation sites (tertiary alicyclic amines) is 2. The summed E-state index contributed by atoms with van der Waals surface area (Å²) in [6, 6.07) is 2.30. The lowest BCUT2D eigenvalue weighted by Crippen LogP contribution is -2.63. The van der Waals surface area contributed by atoms with Crippen molar-refractivity contribution >= 4 is 45.5 Å². The highest BCUT2D eigenvalue weighted by Gasteiger charge is 2.61. The molecule has 3 heterocycles. The molecule has 16 heteroatoms. The van der Waals surface area contributed by atoms with Gasteiger partial charge in [0.2, 0.25) is 33.7 Å². The van der Waals surface area contributed by atoms with Crippen LogP contribution in [0.2, 0.25) is 0 Å². The molecule has 0 spiro atoms. The third-order valence-corrected chi connectivity index (χ3v) is 14.1. The molecule has 2 saturated heterocycles. The van der Waals surface area contributed by atoms with Crippen LogP contribution in [0.25, 0.3) is 0 Å². The fourth-order valence-corrected chi connectivity index (χ4v) is 10.2. The first kappa shape index (κ1) is 38.7. The molecular weight excluding hydrogens is 734 g/mol. The van der Waals surface area contributed by atoms with Crippen LogP contribution in [0.3, 0.4) is 0 Å². The number of hydrogen-bond acceptors (Lipinski definition) is 9. The van der Waals surface area contributed by atoms with E-state index in [4.69, 9.17) is 4.74 Å². The molecule has 3 saturated carbocycles. The van der Waals surface area contributed by atoms with Crippen molar-refractivity contribution in [2.24, 2.45) is 23.2 Å². The largest absolute Gasteiger partial charge is 0.444 e. The van der Waals surface area contributed by atoms with Crippen LogP contribution in [0.15, 0.2) is 43.5 Å². The minimum atomic E-state index is -3.91. The smallest absolute Gasteiger partial charge is 0.410 e. The van der Waals surface area contributed by atoms with Crippen molar-refractivity contribution in [2.45, 2.75) is 101 Å². The van der Waals surface area contributed by atoms with Gasteiger partial charge in [-0.3, -0.25) is 33.6 Å². The van der Waals surface area contributed by atoms with Gasteiger partial charge >= 0.3 is 6.09 Å². The van der Waals surface area contributed by atoms with Gasteiger partial charge in [0.1, 0.15) is 18.0 Å². The molecular formula is C39H48FN5O9S. The molecule has 5 fully saturated rings. The zero-order chi connectivity index (χ0) is 39.2. The number of fused-ring (bicyclic) bond motifs is 1. The van der Waals surface area contributed by atoms with Crippen LogP contribution in [0.1, 0.15) is 75.3 Å². The number of allylic oxidation sites excluding steroid dienone is 1. The molecule has 2 unspecified atom stereocenters. The first-order valence-corrected chi connectivity index (χ1v) is 20.7. The lowest BCUT2D eigenvalue weighted by atomic mass is 9.88. The summed E-state index contributed by atoms with van der Waals surface area (Å²) >= 11 is 0. The van der Waals surface area contributed by atoms with Crippen molar-refractivity contribution in [2.75, 3.05) is 19.6 Å². The van der Waals surface area contributed by atoms with Crippen molar-refractivity contribution in [1.82, 2.24) is 24.7 Å². The van der Waals surface area contributed by atoms with Crippen molar-refractivity contribution in [3.63, 3.8) is 0 Å². The van der Waals surface area contributed by atoms with Crippen LogP contribution < -0.4 is 10.0 Å². The minimum absolute atomic E-state index is 0.0143. The Balaban J connectivity index is 1.12. The SMILES string of the molecule is C=CC(=O)N1CC(C(NC(=O)CC2CCCC2)C(=O)N2CC(OC(=O)N3Cc4cccc(F)c4C3)C[C@H]2C(=O)C[C@]2(C(=O)NS(=O)(=O)C3CC3)C[C@H]2C=C)C1. The summed E-state index contributed by atoms with van der Waals surface area (Å²) in [6.07, 6.45) is 5.62. The standard InChI is InChI=1S/C39H48FN5O9S/c1-3-26-16-39(26,37(50)42-55(52,53)28-12-13-28)17-32(46)31-15-27(54-38(51)44-18-24-10-7-11-30(40)29(24)22-44)21-45(31)36(49)35(25-19-43(20-25)34(48)4-2)41-33(47)14-23-8-5-6-9-23/h3-4,7,10-11,23,25-28,31,35H,1-2,5-6,8-9,12-22H2,(H,41,47)(H,42,50)/t26-,27?,31+,35?,39-/m1/s1. The number of hydrogen-bond donors (Lipinski definition) is 2. The minimum Gasteiger partial charge on any atom is -0.444 e. The number of carbonyl (C=O) groups excluding carboxylic acids is 6. The molecule has 6 aliphatic rings. The van der Waals surface area contributed by atoms with Gasteiger partial charge in [0, 0.05) is 50.4 Å². The molecule has 1 aromatic rings. The molecule has 0 radical (unpaired) electrons. The summed E-state index contributed by atoms with van der Waals surface area (Å²) in [5, 5.41) is 2.25. The first-order chi connectivity index (χ1) is 26.2. The van der Waals surface area contributed by atoms with E-state index in [-0.39, 0.29) is 69.7 Å². The van der Waals surface area contributed by atoms with Gasteiger partial charge in [-0.25, -0.2) is 17.6 Å². The molecule has 14 nitrogen and oxygen atoms in total. The lowest BCUT2D eigenvalue weighted by Gasteiger charge is -2.43. The highest BCUT2D eigenvalue weighted by Crippen LogP contribution is 2.57. The molecule has 5 atom stereocenters. The quantitative estimate of drug-likeness (QED) is 0.212. The fraction of sp³-hybridized carbons (Fsp3) is 0.590. The third kappa shape index (κ3) is 7.92. The number of carbonyl (C=O) groups is 6. The van der Waals surface area contributed by atoms with Gasteiger partial charge in [0.15, 0.2) is 5.78 Å². The van der Waals surface area contributed by atoms with Crippen molar-refractivity contribution in [1.29, 1.82) is 0 Å². The molecule has 7 rings (SSSR count). The number of sulfonamides is 1. The lowest BCUT2D eigenvalue weighted by molar-refractivity contribution is -0.147. The third-order valence-electron chi connectivity index (χ3n) is 12.3. The van der Waals surface area contributed by atoms with Gasteiger partial charge in [-0.2, -0.15) is 0 Å². The van der Waals surface area contributed by atoms with Gasteiger partial charge in [0.25, 0.3) is 0 Å². The van der Waals surface area contributed by atoms with E-state index in [1.165, 1.54) is 32.9 Å². The topological polar surface area (TPSA) is 180 Å². The number of nitrogens with one attached hydrogen (secondary N) is 2. The van der Waals surface area contributed by atoms with E-state index in [1.54, 1.807) is 12.1 Å². The molecule has 0 bridgehead atoms. The van der Waals surface area contributed by atoms with Crippen molar-refractivity contribution in [3.8, 4) is 0 Å². The predicted molar refractivity (Wildman–Crippen MR) is 195 cm³/mol. The first-order valence-electron chi connectivity index (χ1n) is 19.2. The second-order valence-corrected chi connectivity index (χ2v) is 18.1. The fourth-order valence-electron chi connectivity index (χ4n) is 8.77. The van der Waals surface area contributed by atoms with Gasteiger partial charge in [-0.05, 0) is 61.6 Å². The number of Topliss-reactive ketones (excluding diaryl/α,β-unsaturated/α-hetero) is 1. The monoisotopic (exact) mass is 781 g/mol. The molecule has 0 aromatic heterocycles. The summed E-state index contributed by atoms with van der Waals surface area (Å²) < 4.78 is 48.0. The van der Waals surface area contributed by atoms with Gasteiger partial charge in [-0.15, -0.1) is 6.58 Å². The van der Waals surface area contributed by atoms with Gasteiger partial charge in [-0.1, -0.05) is 37.6 Å². The van der Waals surface area contributed by atoms with E-state index in [1.807, 2.05) is 0 Å². The highest BCUT2D eigenvalue weighted by molar-refractivity contribution is 7.90. The Morgan fingerprint density at radius 2 is 1.73 bits per heavy atom. The summed E-state index contributed by atoms with van der Waals surface area (Å²) in [5.74, 6) is -3.76. The van der Waals surface area contributed by atoms with Crippen molar-refractivity contribution in [3.05, 3.63) is 60.5 Å². The normalized spacial score (nSPS) is 26.8. The summed E-state index contributed by atoms with van der Waals surface area (Å²) in [4.78, 5) is 85.9. The number of ketones is 1. The zero-order valence-electron chi connectivity index (χ0n) is 30.8. The van der Waals surface area contributed by atoms with Gasteiger partial charge in [0.05, 0.1) is 29.8 Å². The molecule has 55 heavy (non-hydrogen) atoms. The molecule has 296 valence electrons. The van der Waals surface area contributed by atoms with E-state index in [2.05, 4.69) is 23.2 Å². The molecule has 3 aliphatic heterocycles. The number of benzene rings is 1. The Hall–Kier alpha value is -4.60. The maximum absolute atomic E-state index is 14.7. The van der Waals surface area contributed by atoms with Crippen LogP contribution in [0, 0.1) is 29.0 Å². The molecule has 5 amide bonds. The Morgan fingerprint density at radius 1 is 1.00 bits per heavy atom. The van der Waals surface area contributed by atoms with E-state index < -0.39 is 86.6 Å². The molecule has 2 N–H and O–H groups in total. The van der Waals surface area contributed by atoms with E-state index in [0.29, 0.717) is 24.0 Å². The number of rotatable bonds is 14. The maximum atomic E-state index is 14.7. The Morgan fingerprint density at radius 3 is 2.36 bits per heavy atom. The highest BCUT2D eigenvalue weighted by atomic mass is 32.2.